The van der Waals surface area contributed by atoms with Crippen LogP contribution in [0.5, 0.6) is 0 Å². The Morgan fingerprint density at radius 3 is 2.53 bits per heavy atom. The summed E-state index contributed by atoms with van der Waals surface area (Å²) in [5.74, 6) is -1.20. The molecule has 0 saturated heterocycles. The SMILES string of the molecule is Cc1c(Br)cc(S(=O)(=O)NC(C)CO)cc1C(=O)O. The van der Waals surface area contributed by atoms with Crippen LogP contribution < -0.4 is 4.72 Å². The molecule has 1 rings (SSSR count). The minimum Gasteiger partial charge on any atom is -0.478 e. The fourth-order valence-electron chi connectivity index (χ4n) is 1.40. The lowest BCUT2D eigenvalue weighted by molar-refractivity contribution is 0.0695. The summed E-state index contributed by atoms with van der Waals surface area (Å²) in [6.45, 7) is 2.73. The van der Waals surface area contributed by atoms with E-state index in [1.54, 1.807) is 6.92 Å². The Morgan fingerprint density at radius 1 is 1.47 bits per heavy atom. The zero-order valence-electron chi connectivity index (χ0n) is 10.3. The lowest BCUT2D eigenvalue weighted by atomic mass is 10.1. The second kappa shape index (κ2) is 6.00. The third-order valence-corrected chi connectivity index (χ3v) is 4.88. The Kier molecular flexibility index (Phi) is 5.08. The van der Waals surface area contributed by atoms with E-state index in [1.165, 1.54) is 13.0 Å². The Hall–Kier alpha value is -0.960. The van der Waals surface area contributed by atoms with E-state index >= 15 is 0 Å². The Labute approximate surface area is 119 Å². The molecular weight excluding hydrogens is 338 g/mol. The van der Waals surface area contributed by atoms with Crippen LogP contribution in [0.1, 0.15) is 22.8 Å². The van der Waals surface area contributed by atoms with Crippen molar-refractivity contribution in [1.29, 1.82) is 0 Å². The predicted molar refractivity (Wildman–Crippen MR) is 72.7 cm³/mol. The number of aromatic carboxylic acids is 1. The van der Waals surface area contributed by atoms with Crippen LogP contribution in [0.4, 0.5) is 0 Å². The average Bonchev–Trinajstić information content (AvgIpc) is 2.31. The molecule has 0 radical (unpaired) electrons. The van der Waals surface area contributed by atoms with Gasteiger partial charge >= 0.3 is 5.97 Å². The van der Waals surface area contributed by atoms with Gasteiger partial charge in [0.05, 0.1) is 17.1 Å². The summed E-state index contributed by atoms with van der Waals surface area (Å²) < 4.78 is 26.6. The largest absolute Gasteiger partial charge is 0.478 e. The summed E-state index contributed by atoms with van der Waals surface area (Å²) >= 11 is 3.14. The van der Waals surface area contributed by atoms with Gasteiger partial charge in [-0.3, -0.25) is 0 Å². The number of hydrogen-bond acceptors (Lipinski definition) is 4. The van der Waals surface area contributed by atoms with Gasteiger partial charge in [-0.2, -0.15) is 0 Å². The Morgan fingerprint density at radius 2 is 2.05 bits per heavy atom. The highest BCUT2D eigenvalue weighted by Gasteiger charge is 2.21. The molecule has 0 bridgehead atoms. The molecule has 106 valence electrons. The van der Waals surface area contributed by atoms with E-state index < -0.39 is 22.0 Å². The number of sulfonamides is 1. The zero-order chi connectivity index (χ0) is 14.8. The molecule has 1 aromatic carbocycles. The van der Waals surface area contributed by atoms with Gasteiger partial charge in [0, 0.05) is 10.5 Å². The highest BCUT2D eigenvalue weighted by molar-refractivity contribution is 9.10. The van der Waals surface area contributed by atoms with Crippen molar-refractivity contribution < 1.29 is 23.4 Å². The quantitative estimate of drug-likeness (QED) is 0.737. The Balaban J connectivity index is 3.32. The molecular formula is C11H14BrNO5S. The van der Waals surface area contributed by atoms with Crippen molar-refractivity contribution in [3.63, 3.8) is 0 Å². The molecule has 0 aliphatic carbocycles. The van der Waals surface area contributed by atoms with Gasteiger partial charge in [0.25, 0.3) is 0 Å². The van der Waals surface area contributed by atoms with Crippen molar-refractivity contribution in [2.75, 3.05) is 6.61 Å². The first-order chi connectivity index (χ1) is 8.69. The second-order valence-corrected chi connectivity index (χ2v) is 6.66. The molecule has 0 aliphatic heterocycles. The monoisotopic (exact) mass is 351 g/mol. The molecule has 1 unspecified atom stereocenters. The van der Waals surface area contributed by atoms with E-state index in [9.17, 15) is 13.2 Å². The molecule has 0 amide bonds. The normalized spacial score (nSPS) is 13.3. The topological polar surface area (TPSA) is 104 Å². The molecule has 6 nitrogen and oxygen atoms in total. The van der Waals surface area contributed by atoms with Crippen LogP contribution in [-0.2, 0) is 10.0 Å². The summed E-state index contributed by atoms with van der Waals surface area (Å²) in [5, 5.41) is 17.9. The summed E-state index contributed by atoms with van der Waals surface area (Å²) in [5.41, 5.74) is 0.355. The second-order valence-electron chi connectivity index (χ2n) is 4.09. The molecule has 1 atom stereocenters. The molecule has 0 aromatic heterocycles. The number of halogens is 1. The minimum absolute atomic E-state index is 0.0913. The van der Waals surface area contributed by atoms with Gasteiger partial charge in [-0.05, 0) is 31.5 Å². The number of nitrogens with one attached hydrogen (secondary N) is 1. The molecule has 0 spiro atoms. The highest BCUT2D eigenvalue weighted by atomic mass is 79.9. The van der Waals surface area contributed by atoms with Crippen LogP contribution in [0, 0.1) is 6.92 Å². The molecule has 8 heteroatoms. The Bertz CT molecular complexity index is 599. The maximum atomic E-state index is 12.0. The lowest BCUT2D eigenvalue weighted by Gasteiger charge is -2.13. The van der Waals surface area contributed by atoms with Gasteiger partial charge in [0.1, 0.15) is 0 Å². The van der Waals surface area contributed by atoms with Crippen molar-refractivity contribution in [1.82, 2.24) is 4.72 Å². The maximum absolute atomic E-state index is 12.0. The van der Waals surface area contributed by atoms with Crippen LogP contribution in [0.3, 0.4) is 0 Å². The van der Waals surface area contributed by atoms with Crippen LogP contribution in [0.25, 0.3) is 0 Å². The van der Waals surface area contributed by atoms with Crippen LogP contribution >= 0.6 is 15.9 Å². The standard InChI is InChI=1S/C11H14BrNO5S/c1-6(5-14)13-19(17,18)8-3-9(11(15)16)7(2)10(12)4-8/h3-4,6,13-14H,5H2,1-2H3,(H,15,16). The van der Waals surface area contributed by atoms with Gasteiger partial charge in [-0.1, -0.05) is 15.9 Å². The molecule has 0 aliphatic rings. The smallest absolute Gasteiger partial charge is 0.336 e. The number of carboxylic acid groups (broad SMARTS) is 1. The van der Waals surface area contributed by atoms with Crippen molar-refractivity contribution in [2.45, 2.75) is 24.8 Å². The average molecular weight is 352 g/mol. The molecule has 0 fully saturated rings. The molecule has 3 N–H and O–H groups in total. The van der Waals surface area contributed by atoms with Crippen molar-refractivity contribution >= 4 is 31.9 Å². The van der Waals surface area contributed by atoms with E-state index in [0.717, 1.165) is 6.07 Å². The molecule has 0 heterocycles. The van der Waals surface area contributed by atoms with Gasteiger partial charge in [-0.15, -0.1) is 0 Å². The van der Waals surface area contributed by atoms with E-state index in [-0.39, 0.29) is 17.1 Å². The van der Waals surface area contributed by atoms with Gasteiger partial charge in [-0.25, -0.2) is 17.9 Å². The fraction of sp³-hybridized carbons (Fsp3) is 0.364. The molecule has 19 heavy (non-hydrogen) atoms. The van der Waals surface area contributed by atoms with E-state index in [2.05, 4.69) is 20.7 Å². The third-order valence-electron chi connectivity index (χ3n) is 2.49. The maximum Gasteiger partial charge on any atom is 0.336 e. The lowest BCUT2D eigenvalue weighted by Crippen LogP contribution is -2.35. The van der Waals surface area contributed by atoms with Gasteiger partial charge in [0.2, 0.25) is 10.0 Å². The number of aliphatic hydroxyl groups excluding tert-OH is 1. The number of rotatable bonds is 5. The van der Waals surface area contributed by atoms with Crippen LogP contribution in [-0.4, -0.2) is 37.2 Å². The van der Waals surface area contributed by atoms with E-state index in [4.69, 9.17) is 10.2 Å². The number of benzene rings is 1. The number of carboxylic acids is 1. The van der Waals surface area contributed by atoms with Crippen LogP contribution in [0.15, 0.2) is 21.5 Å². The highest BCUT2D eigenvalue weighted by Crippen LogP contribution is 2.25. The number of hydrogen-bond donors (Lipinski definition) is 3. The van der Waals surface area contributed by atoms with Crippen molar-refractivity contribution in [3.8, 4) is 0 Å². The van der Waals surface area contributed by atoms with E-state index in [0.29, 0.717) is 10.0 Å². The van der Waals surface area contributed by atoms with E-state index in [1.807, 2.05) is 0 Å². The molecule has 1 aromatic rings. The minimum atomic E-state index is -3.87. The van der Waals surface area contributed by atoms with Crippen LogP contribution in [0.2, 0.25) is 0 Å². The third kappa shape index (κ3) is 3.75. The number of carbonyl (C=O) groups is 1. The van der Waals surface area contributed by atoms with Crippen molar-refractivity contribution in [2.24, 2.45) is 0 Å². The summed E-state index contributed by atoms with van der Waals surface area (Å²) in [6.07, 6.45) is 0. The summed E-state index contributed by atoms with van der Waals surface area (Å²) in [6, 6.07) is 1.77. The molecule has 0 saturated carbocycles. The first kappa shape index (κ1) is 16.1. The van der Waals surface area contributed by atoms with Gasteiger partial charge < -0.3 is 10.2 Å². The summed E-state index contributed by atoms with van der Waals surface area (Å²) in [4.78, 5) is 10.9. The first-order valence-corrected chi connectivity index (χ1v) is 7.63. The fourth-order valence-corrected chi connectivity index (χ4v) is 3.30. The predicted octanol–water partition coefficient (Wildman–Crippen LogP) is 1.11. The van der Waals surface area contributed by atoms with Crippen molar-refractivity contribution in [3.05, 3.63) is 27.7 Å². The summed E-state index contributed by atoms with van der Waals surface area (Å²) in [7, 11) is -3.87. The zero-order valence-corrected chi connectivity index (χ0v) is 12.7. The van der Waals surface area contributed by atoms with Gasteiger partial charge in [0.15, 0.2) is 0 Å². The number of aliphatic hydroxyl groups is 1. The first-order valence-electron chi connectivity index (χ1n) is 5.35.